The molecule has 3 heteroatoms. The molecule has 2 aliphatic rings. The number of rotatable bonds is 2. The van der Waals surface area contributed by atoms with Gasteiger partial charge in [0.15, 0.2) is 0 Å². The molecular weight excluding hydrogens is 240 g/mol. The van der Waals surface area contributed by atoms with Gasteiger partial charge in [0.05, 0.1) is 10.7 Å². The molecule has 0 radical (unpaired) electrons. The number of nitrogens with zero attached hydrogens (tertiary/aromatic N) is 1. The Balaban J connectivity index is 1.67. The van der Waals surface area contributed by atoms with Gasteiger partial charge in [0.1, 0.15) is 0 Å². The van der Waals surface area contributed by atoms with Crippen molar-refractivity contribution < 1.29 is 0 Å². The topological polar surface area (TPSA) is 24.9 Å². The summed E-state index contributed by atoms with van der Waals surface area (Å²) < 4.78 is 0. The Morgan fingerprint density at radius 3 is 2.67 bits per heavy atom. The maximum absolute atomic E-state index is 4.92. The summed E-state index contributed by atoms with van der Waals surface area (Å²) in [6.45, 7) is 6.90. The van der Waals surface area contributed by atoms with E-state index in [0.29, 0.717) is 0 Å². The molecule has 0 unspecified atom stereocenters. The minimum Gasteiger partial charge on any atom is -0.311 e. The molecule has 3 rings (SSSR count). The van der Waals surface area contributed by atoms with Gasteiger partial charge >= 0.3 is 0 Å². The highest BCUT2D eigenvalue weighted by atomic mass is 32.1. The van der Waals surface area contributed by atoms with Gasteiger partial charge in [-0.25, -0.2) is 4.98 Å². The van der Waals surface area contributed by atoms with Gasteiger partial charge in [-0.1, -0.05) is 13.8 Å². The highest BCUT2D eigenvalue weighted by Gasteiger charge is 2.27. The molecule has 0 aromatic carbocycles. The van der Waals surface area contributed by atoms with Crippen molar-refractivity contribution in [3.63, 3.8) is 0 Å². The van der Waals surface area contributed by atoms with E-state index in [-0.39, 0.29) is 0 Å². The number of thiazole rings is 1. The second-order valence-electron chi connectivity index (χ2n) is 6.20. The predicted octanol–water partition coefficient (Wildman–Crippen LogP) is 3.72. The molecule has 1 aliphatic carbocycles. The molecule has 0 saturated heterocycles. The molecule has 0 bridgehead atoms. The number of nitrogens with one attached hydrogen (secondary N) is 1. The van der Waals surface area contributed by atoms with Crippen molar-refractivity contribution in [3.05, 3.63) is 15.6 Å². The normalized spacial score (nSPS) is 28.4. The molecule has 2 heterocycles. The van der Waals surface area contributed by atoms with Crippen molar-refractivity contribution in [3.8, 4) is 0 Å². The molecule has 1 saturated carbocycles. The van der Waals surface area contributed by atoms with Crippen LogP contribution in [0.2, 0.25) is 0 Å². The van der Waals surface area contributed by atoms with Crippen molar-refractivity contribution in [2.24, 2.45) is 11.8 Å². The maximum atomic E-state index is 4.92. The Bertz CT molecular complexity index is 379. The fourth-order valence-electron chi connectivity index (χ4n) is 3.35. The molecule has 1 fully saturated rings. The summed E-state index contributed by atoms with van der Waals surface area (Å²) in [4.78, 5) is 6.42. The first-order chi connectivity index (χ1) is 8.74. The number of hydrogen-bond acceptors (Lipinski definition) is 3. The summed E-state index contributed by atoms with van der Waals surface area (Å²) in [5.74, 6) is 2.58. The van der Waals surface area contributed by atoms with Crippen molar-refractivity contribution in [2.45, 2.75) is 58.4 Å². The molecule has 2 nitrogen and oxygen atoms in total. The zero-order valence-corrected chi connectivity index (χ0v) is 12.4. The van der Waals surface area contributed by atoms with Gasteiger partial charge in [-0.2, -0.15) is 0 Å². The molecule has 1 N–H and O–H groups in total. The van der Waals surface area contributed by atoms with E-state index in [1.165, 1.54) is 41.3 Å². The molecule has 1 aromatic rings. The van der Waals surface area contributed by atoms with Crippen molar-refractivity contribution in [2.75, 3.05) is 6.54 Å². The van der Waals surface area contributed by atoms with Crippen LogP contribution in [0, 0.1) is 11.8 Å². The van der Waals surface area contributed by atoms with Gasteiger partial charge in [-0.15, -0.1) is 11.3 Å². The monoisotopic (exact) mass is 264 g/mol. The van der Waals surface area contributed by atoms with Crippen LogP contribution in [-0.2, 0) is 13.0 Å². The zero-order valence-electron chi connectivity index (χ0n) is 11.5. The zero-order chi connectivity index (χ0) is 12.5. The fraction of sp³-hybridized carbons (Fsp3) is 0.800. The Kier molecular flexibility index (Phi) is 3.71. The highest BCUT2D eigenvalue weighted by molar-refractivity contribution is 7.11. The van der Waals surface area contributed by atoms with Crippen LogP contribution in [0.5, 0.6) is 0 Å². The highest BCUT2D eigenvalue weighted by Crippen LogP contribution is 2.40. The molecule has 0 spiro atoms. The number of fused-ring (bicyclic) bond motifs is 1. The summed E-state index contributed by atoms with van der Waals surface area (Å²) in [5, 5.41) is 4.89. The fourth-order valence-corrected chi connectivity index (χ4v) is 4.60. The summed E-state index contributed by atoms with van der Waals surface area (Å²) in [7, 11) is 0. The van der Waals surface area contributed by atoms with Gasteiger partial charge in [0, 0.05) is 30.3 Å². The standard InChI is InChI=1S/C15H24N2S/c1-10(2)11-3-5-12(6-4-11)15-17-13-7-8-16-9-14(13)18-15/h10-12,16H,3-9H2,1-2H3. The van der Waals surface area contributed by atoms with Crippen LogP contribution >= 0.6 is 11.3 Å². The van der Waals surface area contributed by atoms with Gasteiger partial charge in [-0.05, 0) is 37.5 Å². The average molecular weight is 264 g/mol. The van der Waals surface area contributed by atoms with Crippen LogP contribution in [0.1, 0.15) is 61.0 Å². The smallest absolute Gasteiger partial charge is 0.0962 e. The van der Waals surface area contributed by atoms with Gasteiger partial charge in [-0.3, -0.25) is 0 Å². The lowest BCUT2D eigenvalue weighted by atomic mass is 9.77. The Morgan fingerprint density at radius 2 is 2.00 bits per heavy atom. The van der Waals surface area contributed by atoms with Gasteiger partial charge in [0.2, 0.25) is 0 Å². The van der Waals surface area contributed by atoms with E-state index >= 15 is 0 Å². The SMILES string of the molecule is CC(C)C1CCC(c2nc3c(s2)CNCC3)CC1. The van der Waals surface area contributed by atoms with Crippen LogP contribution in [0.15, 0.2) is 0 Å². The summed E-state index contributed by atoms with van der Waals surface area (Å²) >= 11 is 1.98. The van der Waals surface area contributed by atoms with E-state index in [4.69, 9.17) is 4.98 Å². The molecule has 1 aliphatic heterocycles. The van der Waals surface area contributed by atoms with Gasteiger partial charge in [0.25, 0.3) is 0 Å². The van der Waals surface area contributed by atoms with Gasteiger partial charge < -0.3 is 5.32 Å². The van der Waals surface area contributed by atoms with Crippen LogP contribution < -0.4 is 5.32 Å². The third-order valence-corrected chi connectivity index (χ3v) is 5.94. The first-order valence-corrected chi connectivity index (χ1v) is 8.25. The van der Waals surface area contributed by atoms with E-state index in [2.05, 4.69) is 19.2 Å². The second kappa shape index (κ2) is 5.30. The first kappa shape index (κ1) is 12.6. The minimum absolute atomic E-state index is 0.760. The van der Waals surface area contributed by atoms with Crippen LogP contribution in [0.25, 0.3) is 0 Å². The molecule has 18 heavy (non-hydrogen) atoms. The lowest BCUT2D eigenvalue weighted by Crippen LogP contribution is -2.22. The molecule has 0 atom stereocenters. The summed E-state index contributed by atoms with van der Waals surface area (Å²) in [6.07, 6.45) is 6.67. The average Bonchev–Trinajstić information content (AvgIpc) is 2.82. The molecule has 1 aromatic heterocycles. The molecule has 100 valence electrons. The van der Waals surface area contributed by atoms with Crippen molar-refractivity contribution in [1.82, 2.24) is 10.3 Å². The largest absolute Gasteiger partial charge is 0.311 e. The molecular formula is C15H24N2S. The Hall–Kier alpha value is -0.410. The predicted molar refractivity (Wildman–Crippen MR) is 77.1 cm³/mol. The van der Waals surface area contributed by atoms with E-state index in [1.807, 2.05) is 11.3 Å². The van der Waals surface area contributed by atoms with E-state index in [0.717, 1.165) is 37.3 Å². The third-order valence-electron chi connectivity index (χ3n) is 4.68. The Labute approximate surface area is 114 Å². The van der Waals surface area contributed by atoms with Crippen LogP contribution in [0.3, 0.4) is 0 Å². The van der Waals surface area contributed by atoms with E-state index in [1.54, 1.807) is 0 Å². The van der Waals surface area contributed by atoms with Crippen molar-refractivity contribution in [1.29, 1.82) is 0 Å². The quantitative estimate of drug-likeness (QED) is 0.880. The Morgan fingerprint density at radius 1 is 1.22 bits per heavy atom. The maximum Gasteiger partial charge on any atom is 0.0962 e. The third kappa shape index (κ3) is 2.48. The summed E-state index contributed by atoms with van der Waals surface area (Å²) in [6, 6.07) is 0. The second-order valence-corrected chi connectivity index (χ2v) is 7.32. The van der Waals surface area contributed by atoms with Crippen LogP contribution in [-0.4, -0.2) is 11.5 Å². The van der Waals surface area contributed by atoms with Crippen LogP contribution in [0.4, 0.5) is 0 Å². The lowest BCUT2D eigenvalue weighted by molar-refractivity contribution is 0.258. The number of aromatic nitrogens is 1. The number of hydrogen-bond donors (Lipinski definition) is 1. The lowest BCUT2D eigenvalue weighted by Gasteiger charge is -2.29. The van der Waals surface area contributed by atoms with Crippen molar-refractivity contribution >= 4 is 11.3 Å². The minimum atomic E-state index is 0.760. The molecule has 0 amide bonds. The van der Waals surface area contributed by atoms with E-state index in [9.17, 15) is 0 Å². The first-order valence-electron chi connectivity index (χ1n) is 7.43. The summed E-state index contributed by atoms with van der Waals surface area (Å²) in [5.41, 5.74) is 1.39. The van der Waals surface area contributed by atoms with E-state index < -0.39 is 0 Å².